The third kappa shape index (κ3) is 3.76. The lowest BCUT2D eigenvalue weighted by atomic mass is 9.83. The molecule has 1 saturated heterocycles. The Labute approximate surface area is 211 Å². The number of allylic oxidation sites excluding steroid dienone is 2. The molecule has 0 bridgehead atoms. The maximum atomic E-state index is 13.2. The lowest BCUT2D eigenvalue weighted by Gasteiger charge is -2.28. The Morgan fingerprint density at radius 1 is 1.17 bits per heavy atom. The Hall–Kier alpha value is -3.97. The average molecular weight is 479 g/mol. The molecule has 5 rings (SSSR count). The summed E-state index contributed by atoms with van der Waals surface area (Å²) in [5.74, 6) is 2.69. The van der Waals surface area contributed by atoms with Crippen molar-refractivity contribution in [2.75, 3.05) is 6.54 Å². The molecule has 0 N–H and O–H groups in total. The highest BCUT2D eigenvalue weighted by Gasteiger charge is 2.35. The lowest BCUT2D eigenvalue weighted by molar-refractivity contribution is -0.135. The summed E-state index contributed by atoms with van der Waals surface area (Å²) >= 11 is 0. The monoisotopic (exact) mass is 478 g/mol. The molecule has 4 heterocycles. The van der Waals surface area contributed by atoms with E-state index >= 15 is 0 Å². The minimum absolute atomic E-state index is 0.0847. The van der Waals surface area contributed by atoms with Crippen molar-refractivity contribution in [2.45, 2.75) is 58.9 Å². The van der Waals surface area contributed by atoms with Gasteiger partial charge >= 0.3 is 0 Å². The molecule has 7 heteroatoms. The summed E-state index contributed by atoms with van der Waals surface area (Å²) < 4.78 is 2.13. The van der Waals surface area contributed by atoms with Gasteiger partial charge in [0.1, 0.15) is 23.7 Å². The standard InChI is InChI=1S/C29H30N6O/c1-6-22-14-17(2)24(19(4)33-22)27-26(25-18(3)31-16-32-28(25)34(27)5)20-9-11-21(12-10-20)29(36)35-13-7-8-23(35)15-30/h1,9,14,16,21,23H,7-8,10-13H2,2-5H3/t21-,23?/m0/s1. The molecule has 1 aliphatic heterocycles. The van der Waals surface area contributed by atoms with Crippen molar-refractivity contribution in [2.24, 2.45) is 13.0 Å². The molecular formula is C29H30N6O. The van der Waals surface area contributed by atoms with Gasteiger partial charge in [-0.2, -0.15) is 5.26 Å². The van der Waals surface area contributed by atoms with E-state index < -0.39 is 0 Å². The number of fused-ring (bicyclic) bond motifs is 1. The van der Waals surface area contributed by atoms with Gasteiger partial charge < -0.3 is 9.47 Å². The molecule has 0 spiro atoms. The quantitative estimate of drug-likeness (QED) is 0.512. The van der Waals surface area contributed by atoms with Crippen LogP contribution in [0.3, 0.4) is 0 Å². The molecular weight excluding hydrogens is 448 g/mol. The van der Waals surface area contributed by atoms with Crippen LogP contribution >= 0.6 is 0 Å². The Morgan fingerprint density at radius 2 is 1.97 bits per heavy atom. The number of nitrogens with zero attached hydrogens (tertiary/aromatic N) is 6. The fourth-order valence-electron chi connectivity index (χ4n) is 5.95. The Morgan fingerprint density at radius 3 is 2.64 bits per heavy atom. The van der Waals surface area contributed by atoms with Gasteiger partial charge in [-0.05, 0) is 70.1 Å². The summed E-state index contributed by atoms with van der Waals surface area (Å²) in [4.78, 5) is 28.8. The molecule has 182 valence electrons. The van der Waals surface area contributed by atoms with E-state index in [9.17, 15) is 10.1 Å². The highest BCUT2D eigenvalue weighted by Crippen LogP contribution is 2.44. The molecule has 3 aromatic rings. The number of amides is 1. The zero-order valence-corrected chi connectivity index (χ0v) is 21.3. The SMILES string of the molecule is C#Cc1cc(C)c(-c2c(C3=CC[C@H](C(=O)N4CCCC4C#N)CC3)c3c(C)ncnc3n2C)c(C)n1. The zero-order chi connectivity index (χ0) is 25.6. The number of aryl methyl sites for hydroxylation is 4. The van der Waals surface area contributed by atoms with E-state index in [1.54, 1.807) is 11.2 Å². The summed E-state index contributed by atoms with van der Waals surface area (Å²) in [6.07, 6.45) is 13.3. The first-order valence-electron chi connectivity index (χ1n) is 12.5. The third-order valence-corrected chi connectivity index (χ3v) is 7.71. The van der Waals surface area contributed by atoms with Crippen LogP contribution in [-0.2, 0) is 11.8 Å². The summed E-state index contributed by atoms with van der Waals surface area (Å²) in [7, 11) is 2.03. The van der Waals surface area contributed by atoms with Crippen LogP contribution in [0.25, 0.3) is 27.9 Å². The normalized spacial score (nSPS) is 19.7. The highest BCUT2D eigenvalue weighted by atomic mass is 16.2. The van der Waals surface area contributed by atoms with Crippen molar-refractivity contribution in [1.29, 1.82) is 5.26 Å². The van der Waals surface area contributed by atoms with Crippen LogP contribution in [0.5, 0.6) is 0 Å². The smallest absolute Gasteiger partial charge is 0.227 e. The van der Waals surface area contributed by atoms with Crippen molar-refractivity contribution in [1.82, 2.24) is 24.4 Å². The number of aromatic nitrogens is 4. The van der Waals surface area contributed by atoms with Crippen molar-refractivity contribution < 1.29 is 4.79 Å². The number of carbonyl (C=O) groups is 1. The van der Waals surface area contributed by atoms with Crippen LogP contribution < -0.4 is 0 Å². The van der Waals surface area contributed by atoms with Crippen LogP contribution in [0, 0.1) is 50.4 Å². The number of hydrogen-bond acceptors (Lipinski definition) is 5. The molecule has 1 fully saturated rings. The first-order valence-corrected chi connectivity index (χ1v) is 12.5. The van der Waals surface area contributed by atoms with Crippen LogP contribution in [0.15, 0.2) is 18.5 Å². The minimum atomic E-state index is -0.281. The molecule has 1 aliphatic carbocycles. The third-order valence-electron chi connectivity index (χ3n) is 7.71. The van der Waals surface area contributed by atoms with E-state index in [1.807, 2.05) is 27.0 Å². The lowest BCUT2D eigenvalue weighted by Crippen LogP contribution is -2.39. The Bertz CT molecular complexity index is 1480. The molecule has 1 amide bonds. The summed E-state index contributed by atoms with van der Waals surface area (Å²) in [6.45, 7) is 6.76. The van der Waals surface area contributed by atoms with Gasteiger partial charge in [-0.15, -0.1) is 6.42 Å². The molecule has 2 atom stereocenters. The van der Waals surface area contributed by atoms with E-state index in [2.05, 4.69) is 44.5 Å². The molecule has 3 aromatic heterocycles. The van der Waals surface area contributed by atoms with Crippen LogP contribution in [-0.4, -0.2) is 42.9 Å². The maximum absolute atomic E-state index is 13.2. The van der Waals surface area contributed by atoms with Gasteiger partial charge in [-0.3, -0.25) is 4.79 Å². The molecule has 0 aromatic carbocycles. The number of pyridine rings is 1. The van der Waals surface area contributed by atoms with Crippen molar-refractivity contribution in [3.63, 3.8) is 0 Å². The largest absolute Gasteiger partial charge is 0.328 e. The Kier molecular flexibility index (Phi) is 6.10. The number of carbonyl (C=O) groups excluding carboxylic acids is 1. The number of nitriles is 1. The fourth-order valence-corrected chi connectivity index (χ4v) is 5.95. The maximum Gasteiger partial charge on any atom is 0.227 e. The van der Waals surface area contributed by atoms with Crippen LogP contribution in [0.4, 0.5) is 0 Å². The van der Waals surface area contributed by atoms with E-state index in [-0.39, 0.29) is 17.9 Å². The second-order valence-electron chi connectivity index (χ2n) is 9.89. The van der Waals surface area contributed by atoms with E-state index in [0.29, 0.717) is 18.7 Å². The van der Waals surface area contributed by atoms with Gasteiger partial charge in [0.2, 0.25) is 5.91 Å². The molecule has 7 nitrogen and oxygen atoms in total. The summed E-state index contributed by atoms with van der Waals surface area (Å²) in [6, 6.07) is 3.97. The predicted octanol–water partition coefficient (Wildman–Crippen LogP) is 4.63. The van der Waals surface area contributed by atoms with E-state index in [1.165, 1.54) is 5.57 Å². The Balaban J connectivity index is 1.61. The first-order chi connectivity index (χ1) is 17.3. The molecule has 0 radical (unpaired) electrons. The van der Waals surface area contributed by atoms with Gasteiger partial charge in [0.05, 0.1) is 17.5 Å². The summed E-state index contributed by atoms with van der Waals surface area (Å²) in [5.41, 5.74) is 8.80. The van der Waals surface area contributed by atoms with Crippen molar-refractivity contribution in [3.05, 3.63) is 46.7 Å². The van der Waals surface area contributed by atoms with Gasteiger partial charge in [0.15, 0.2) is 0 Å². The summed E-state index contributed by atoms with van der Waals surface area (Å²) in [5, 5.41) is 10.5. The first kappa shape index (κ1) is 23.8. The number of hydrogen-bond donors (Lipinski definition) is 0. The van der Waals surface area contributed by atoms with Crippen molar-refractivity contribution >= 4 is 22.5 Å². The van der Waals surface area contributed by atoms with Crippen LogP contribution in [0.2, 0.25) is 0 Å². The second kappa shape index (κ2) is 9.24. The van der Waals surface area contributed by atoms with E-state index in [0.717, 1.165) is 70.5 Å². The van der Waals surface area contributed by atoms with E-state index in [4.69, 9.17) is 6.42 Å². The molecule has 36 heavy (non-hydrogen) atoms. The van der Waals surface area contributed by atoms with Gasteiger partial charge in [0.25, 0.3) is 0 Å². The highest BCUT2D eigenvalue weighted by molar-refractivity contribution is 6.01. The van der Waals surface area contributed by atoms with Gasteiger partial charge in [0, 0.05) is 41.7 Å². The molecule has 2 aliphatic rings. The predicted molar refractivity (Wildman–Crippen MR) is 140 cm³/mol. The van der Waals surface area contributed by atoms with Crippen LogP contribution in [0.1, 0.15) is 60.3 Å². The van der Waals surface area contributed by atoms with Gasteiger partial charge in [-0.1, -0.05) is 12.0 Å². The average Bonchev–Trinajstić information content (AvgIpc) is 3.47. The molecule has 0 saturated carbocycles. The topological polar surface area (TPSA) is 87.7 Å². The zero-order valence-electron chi connectivity index (χ0n) is 21.3. The van der Waals surface area contributed by atoms with Crippen molar-refractivity contribution in [3.8, 4) is 29.7 Å². The number of terminal acetylenes is 1. The minimum Gasteiger partial charge on any atom is -0.328 e. The second-order valence-corrected chi connectivity index (χ2v) is 9.89. The van der Waals surface area contributed by atoms with Gasteiger partial charge in [-0.25, -0.2) is 15.0 Å². The molecule has 1 unspecified atom stereocenters. The number of rotatable bonds is 3. The number of likely N-dealkylation sites (tertiary alicyclic amines) is 1. The fraction of sp³-hybridized carbons (Fsp3) is 0.414.